The first-order valence-corrected chi connectivity index (χ1v) is 7.95. The van der Waals surface area contributed by atoms with Gasteiger partial charge in [0.25, 0.3) is 11.8 Å². The second-order valence-corrected chi connectivity index (χ2v) is 5.58. The van der Waals surface area contributed by atoms with E-state index in [1.54, 1.807) is 51.1 Å². The van der Waals surface area contributed by atoms with Gasteiger partial charge in [0.2, 0.25) is 0 Å². The molecule has 0 spiro atoms. The standard InChI is InChI=1S/C17H23N3O5/c1-4-18-17(24)19-13(21)10-25-16(23)14(11(2)3)20-15(22)12-8-6-5-7-9-12/h5-9,11,14H,4,10H2,1-3H3,(H,20,22)(H2,18,19,21,24)/t14-/m0/s1. The van der Waals surface area contributed by atoms with Crippen LogP contribution in [0, 0.1) is 5.92 Å². The van der Waals surface area contributed by atoms with Gasteiger partial charge >= 0.3 is 12.0 Å². The molecule has 0 fully saturated rings. The lowest BCUT2D eigenvalue weighted by molar-refractivity contribution is -0.151. The highest BCUT2D eigenvalue weighted by Gasteiger charge is 2.26. The van der Waals surface area contributed by atoms with Crippen LogP contribution in [0.4, 0.5) is 4.79 Å². The largest absolute Gasteiger partial charge is 0.454 e. The number of hydrogen-bond acceptors (Lipinski definition) is 5. The summed E-state index contributed by atoms with van der Waals surface area (Å²) >= 11 is 0. The Labute approximate surface area is 146 Å². The van der Waals surface area contributed by atoms with Crippen LogP contribution in [0.25, 0.3) is 0 Å². The van der Waals surface area contributed by atoms with Crippen molar-refractivity contribution in [2.75, 3.05) is 13.2 Å². The molecule has 0 aliphatic rings. The Kier molecular flexibility index (Phi) is 8.11. The van der Waals surface area contributed by atoms with Gasteiger partial charge in [0.1, 0.15) is 6.04 Å². The van der Waals surface area contributed by atoms with Crippen molar-refractivity contribution < 1.29 is 23.9 Å². The molecule has 0 heterocycles. The second kappa shape index (κ2) is 10.1. The number of ether oxygens (including phenoxy) is 1. The summed E-state index contributed by atoms with van der Waals surface area (Å²) in [7, 11) is 0. The average molecular weight is 349 g/mol. The zero-order valence-corrected chi connectivity index (χ0v) is 14.5. The Morgan fingerprint density at radius 3 is 2.28 bits per heavy atom. The maximum absolute atomic E-state index is 12.2. The number of nitrogens with one attached hydrogen (secondary N) is 3. The first-order valence-electron chi connectivity index (χ1n) is 7.95. The highest BCUT2D eigenvalue weighted by Crippen LogP contribution is 2.07. The highest BCUT2D eigenvalue weighted by molar-refractivity contribution is 5.98. The lowest BCUT2D eigenvalue weighted by Crippen LogP contribution is -2.47. The average Bonchev–Trinajstić information content (AvgIpc) is 2.58. The maximum Gasteiger partial charge on any atom is 0.329 e. The van der Waals surface area contributed by atoms with Crippen molar-refractivity contribution in [3.63, 3.8) is 0 Å². The fourth-order valence-electron chi connectivity index (χ4n) is 1.91. The van der Waals surface area contributed by atoms with E-state index in [2.05, 4.69) is 10.6 Å². The van der Waals surface area contributed by atoms with Gasteiger partial charge in [-0.25, -0.2) is 9.59 Å². The Balaban J connectivity index is 2.58. The van der Waals surface area contributed by atoms with E-state index in [1.807, 2.05) is 5.32 Å². The van der Waals surface area contributed by atoms with E-state index < -0.39 is 36.5 Å². The van der Waals surface area contributed by atoms with Crippen LogP contribution in [0.5, 0.6) is 0 Å². The SMILES string of the molecule is CCNC(=O)NC(=O)COC(=O)[C@@H](NC(=O)c1ccccc1)C(C)C. The zero-order valence-electron chi connectivity index (χ0n) is 14.5. The van der Waals surface area contributed by atoms with Crippen LogP contribution >= 0.6 is 0 Å². The number of rotatable bonds is 7. The smallest absolute Gasteiger partial charge is 0.329 e. The third-order valence-corrected chi connectivity index (χ3v) is 3.18. The number of hydrogen-bond donors (Lipinski definition) is 3. The van der Waals surface area contributed by atoms with Crippen LogP contribution < -0.4 is 16.0 Å². The molecule has 0 bridgehead atoms. The van der Waals surface area contributed by atoms with Crippen molar-refractivity contribution in [2.24, 2.45) is 5.92 Å². The van der Waals surface area contributed by atoms with Crippen molar-refractivity contribution in [2.45, 2.75) is 26.8 Å². The Hall–Kier alpha value is -2.90. The fourth-order valence-corrected chi connectivity index (χ4v) is 1.91. The van der Waals surface area contributed by atoms with Crippen LogP contribution in [0.15, 0.2) is 30.3 Å². The zero-order chi connectivity index (χ0) is 18.8. The van der Waals surface area contributed by atoms with E-state index in [1.165, 1.54) is 0 Å². The first-order chi connectivity index (χ1) is 11.8. The number of amides is 4. The van der Waals surface area contributed by atoms with E-state index in [0.29, 0.717) is 12.1 Å². The van der Waals surface area contributed by atoms with Crippen LogP contribution in [-0.2, 0) is 14.3 Å². The second-order valence-electron chi connectivity index (χ2n) is 5.58. The molecule has 1 aromatic rings. The Bertz CT molecular complexity index is 616. The van der Waals surface area contributed by atoms with Crippen LogP contribution in [0.2, 0.25) is 0 Å². The van der Waals surface area contributed by atoms with Crippen LogP contribution in [0.1, 0.15) is 31.1 Å². The topological polar surface area (TPSA) is 114 Å². The molecule has 0 aromatic heterocycles. The number of urea groups is 1. The summed E-state index contributed by atoms with van der Waals surface area (Å²) in [6, 6.07) is 6.87. The van der Waals surface area contributed by atoms with Crippen molar-refractivity contribution in [3.8, 4) is 0 Å². The minimum absolute atomic E-state index is 0.244. The molecule has 4 amide bonds. The molecule has 0 aliphatic carbocycles. The van der Waals surface area contributed by atoms with Crippen molar-refractivity contribution in [3.05, 3.63) is 35.9 Å². The van der Waals surface area contributed by atoms with Crippen molar-refractivity contribution >= 4 is 23.8 Å². The maximum atomic E-state index is 12.2. The molecule has 0 radical (unpaired) electrons. The highest BCUT2D eigenvalue weighted by atomic mass is 16.5. The summed E-state index contributed by atoms with van der Waals surface area (Å²) in [6.07, 6.45) is 0. The molecule has 0 unspecified atom stereocenters. The molecule has 3 N–H and O–H groups in total. The van der Waals surface area contributed by atoms with Gasteiger partial charge in [-0.2, -0.15) is 0 Å². The van der Waals surface area contributed by atoms with E-state index >= 15 is 0 Å². The minimum Gasteiger partial charge on any atom is -0.454 e. The van der Waals surface area contributed by atoms with Gasteiger partial charge in [0.15, 0.2) is 6.61 Å². The quantitative estimate of drug-likeness (QED) is 0.631. The summed E-state index contributed by atoms with van der Waals surface area (Å²) in [5, 5.41) is 6.99. The molecular formula is C17H23N3O5. The van der Waals surface area contributed by atoms with Gasteiger partial charge in [-0.3, -0.25) is 14.9 Å². The van der Waals surface area contributed by atoms with Gasteiger partial charge in [-0.05, 0) is 25.0 Å². The van der Waals surface area contributed by atoms with E-state index in [9.17, 15) is 19.2 Å². The molecule has 8 heteroatoms. The predicted molar refractivity (Wildman–Crippen MR) is 90.7 cm³/mol. The van der Waals surface area contributed by atoms with Crippen molar-refractivity contribution in [1.82, 2.24) is 16.0 Å². The lowest BCUT2D eigenvalue weighted by Gasteiger charge is -2.20. The third-order valence-electron chi connectivity index (χ3n) is 3.18. The van der Waals surface area contributed by atoms with Gasteiger partial charge in [0, 0.05) is 12.1 Å². The van der Waals surface area contributed by atoms with Gasteiger partial charge < -0.3 is 15.4 Å². The van der Waals surface area contributed by atoms with Gasteiger partial charge in [0.05, 0.1) is 0 Å². The summed E-state index contributed by atoms with van der Waals surface area (Å²) in [5.74, 6) is -2.16. The molecule has 0 saturated heterocycles. The third kappa shape index (κ3) is 7.03. The van der Waals surface area contributed by atoms with Crippen molar-refractivity contribution in [1.29, 1.82) is 0 Å². The number of benzene rings is 1. The lowest BCUT2D eigenvalue weighted by atomic mass is 10.0. The summed E-state index contributed by atoms with van der Waals surface area (Å²) in [4.78, 5) is 47.1. The van der Waals surface area contributed by atoms with Gasteiger partial charge in [-0.15, -0.1) is 0 Å². The van der Waals surface area contributed by atoms with Gasteiger partial charge in [-0.1, -0.05) is 32.0 Å². The number of carbonyl (C=O) groups is 4. The van der Waals surface area contributed by atoms with E-state index in [-0.39, 0.29) is 5.92 Å². The molecule has 1 atom stereocenters. The molecule has 8 nitrogen and oxygen atoms in total. The Morgan fingerprint density at radius 2 is 1.72 bits per heavy atom. The van der Waals surface area contributed by atoms with E-state index in [0.717, 1.165) is 0 Å². The molecule has 0 saturated carbocycles. The normalized spacial score (nSPS) is 11.4. The minimum atomic E-state index is -0.912. The molecule has 1 rings (SSSR count). The fraction of sp³-hybridized carbons (Fsp3) is 0.412. The number of esters is 1. The van der Waals surface area contributed by atoms with E-state index in [4.69, 9.17) is 4.74 Å². The van der Waals surface area contributed by atoms with Crippen LogP contribution in [0.3, 0.4) is 0 Å². The molecular weight excluding hydrogens is 326 g/mol. The molecule has 25 heavy (non-hydrogen) atoms. The first kappa shape index (κ1) is 20.1. The molecule has 0 aliphatic heterocycles. The molecule has 136 valence electrons. The summed E-state index contributed by atoms with van der Waals surface area (Å²) in [6.45, 7) is 4.94. The van der Waals surface area contributed by atoms with Crippen LogP contribution in [-0.4, -0.2) is 43.0 Å². The number of imide groups is 1. The monoisotopic (exact) mass is 349 g/mol. The Morgan fingerprint density at radius 1 is 1.08 bits per heavy atom. The summed E-state index contributed by atoms with van der Waals surface area (Å²) < 4.78 is 4.90. The predicted octanol–water partition coefficient (Wildman–Crippen LogP) is 0.830. The summed E-state index contributed by atoms with van der Waals surface area (Å²) in [5.41, 5.74) is 0.412. The number of carbonyl (C=O) groups excluding carboxylic acids is 4. The molecule has 1 aromatic carbocycles.